The summed E-state index contributed by atoms with van der Waals surface area (Å²) < 4.78 is 0. The Morgan fingerprint density at radius 1 is 1.41 bits per heavy atom. The van der Waals surface area contributed by atoms with Gasteiger partial charge in [0, 0.05) is 30.4 Å². The van der Waals surface area contributed by atoms with E-state index in [1.807, 2.05) is 6.92 Å². The van der Waals surface area contributed by atoms with E-state index in [1.165, 1.54) is 0 Å². The normalized spacial score (nSPS) is 10.1. The molecule has 4 nitrogen and oxygen atoms in total. The van der Waals surface area contributed by atoms with E-state index in [0.717, 1.165) is 0 Å². The van der Waals surface area contributed by atoms with E-state index in [9.17, 15) is 4.79 Å². The molecule has 2 amide bonds. The predicted octanol–water partition coefficient (Wildman–Crippen LogP) is 2.58. The van der Waals surface area contributed by atoms with Gasteiger partial charge in [-0.2, -0.15) is 0 Å². The van der Waals surface area contributed by atoms with Crippen LogP contribution < -0.4 is 5.32 Å². The van der Waals surface area contributed by atoms with Gasteiger partial charge in [0.15, 0.2) is 0 Å². The topological polar surface area (TPSA) is 52.6 Å². The van der Waals surface area contributed by atoms with Gasteiger partial charge >= 0.3 is 6.03 Å². The van der Waals surface area contributed by atoms with Crippen molar-refractivity contribution in [2.75, 3.05) is 25.0 Å². The van der Waals surface area contributed by atoms with Crippen molar-refractivity contribution in [3.05, 3.63) is 29.3 Å². The van der Waals surface area contributed by atoms with Crippen molar-refractivity contribution in [3.8, 4) is 0 Å². The van der Waals surface area contributed by atoms with Crippen LogP contribution in [0.25, 0.3) is 0 Å². The minimum absolute atomic E-state index is 0.0880. The lowest BCUT2D eigenvalue weighted by atomic mass is 10.3. The first-order valence-electron chi connectivity index (χ1n) is 5.59. The summed E-state index contributed by atoms with van der Waals surface area (Å²) in [5.74, 6) is 0. The van der Waals surface area contributed by atoms with Crippen molar-refractivity contribution in [1.29, 1.82) is 0 Å². The molecule has 0 unspecified atom stereocenters. The van der Waals surface area contributed by atoms with Crippen molar-refractivity contribution >= 4 is 23.3 Å². The first kappa shape index (κ1) is 13.8. The third kappa shape index (κ3) is 4.63. The van der Waals surface area contributed by atoms with Crippen LogP contribution in [0.4, 0.5) is 10.5 Å². The van der Waals surface area contributed by atoms with Crippen LogP contribution in [0.3, 0.4) is 0 Å². The molecule has 0 heterocycles. The molecular formula is C12H17ClN2O2. The van der Waals surface area contributed by atoms with Crippen molar-refractivity contribution in [2.45, 2.75) is 13.3 Å². The zero-order valence-electron chi connectivity index (χ0n) is 9.82. The fourth-order valence-electron chi connectivity index (χ4n) is 1.40. The molecule has 94 valence electrons. The number of benzene rings is 1. The Hall–Kier alpha value is -1.26. The van der Waals surface area contributed by atoms with Crippen LogP contribution in [-0.2, 0) is 0 Å². The molecule has 1 aromatic rings. The highest BCUT2D eigenvalue weighted by molar-refractivity contribution is 6.30. The van der Waals surface area contributed by atoms with Gasteiger partial charge in [-0.15, -0.1) is 0 Å². The van der Waals surface area contributed by atoms with Gasteiger partial charge in [-0.05, 0) is 37.6 Å². The Morgan fingerprint density at radius 2 is 2.06 bits per heavy atom. The quantitative estimate of drug-likeness (QED) is 0.851. The Kier molecular flexibility index (Phi) is 5.80. The van der Waals surface area contributed by atoms with Crippen LogP contribution in [0.1, 0.15) is 13.3 Å². The third-order valence-electron chi connectivity index (χ3n) is 2.35. The first-order chi connectivity index (χ1) is 8.17. The zero-order valence-corrected chi connectivity index (χ0v) is 10.6. The number of carbonyl (C=O) groups is 1. The number of nitrogens with one attached hydrogen (secondary N) is 1. The Labute approximate surface area is 106 Å². The molecule has 0 aromatic heterocycles. The van der Waals surface area contributed by atoms with E-state index in [4.69, 9.17) is 16.7 Å². The lowest BCUT2D eigenvalue weighted by molar-refractivity contribution is 0.205. The van der Waals surface area contributed by atoms with Crippen LogP contribution in [0.5, 0.6) is 0 Å². The number of aliphatic hydroxyl groups excluding tert-OH is 1. The van der Waals surface area contributed by atoms with E-state index in [1.54, 1.807) is 29.2 Å². The van der Waals surface area contributed by atoms with Gasteiger partial charge in [-0.3, -0.25) is 0 Å². The summed E-state index contributed by atoms with van der Waals surface area (Å²) in [4.78, 5) is 13.5. The van der Waals surface area contributed by atoms with Crippen molar-refractivity contribution in [1.82, 2.24) is 4.90 Å². The number of aliphatic hydroxyl groups is 1. The number of halogens is 1. The highest BCUT2D eigenvalue weighted by Gasteiger charge is 2.10. The number of amides is 2. The van der Waals surface area contributed by atoms with Crippen LogP contribution >= 0.6 is 11.6 Å². The third-order valence-corrected chi connectivity index (χ3v) is 2.60. The molecule has 0 aliphatic heterocycles. The van der Waals surface area contributed by atoms with Crippen LogP contribution in [0.2, 0.25) is 5.02 Å². The first-order valence-corrected chi connectivity index (χ1v) is 5.97. The number of anilines is 1. The highest BCUT2D eigenvalue weighted by atomic mass is 35.5. The smallest absolute Gasteiger partial charge is 0.321 e. The number of urea groups is 1. The molecule has 0 spiro atoms. The number of nitrogens with zero attached hydrogens (tertiary/aromatic N) is 1. The maximum Gasteiger partial charge on any atom is 0.321 e. The minimum atomic E-state index is -0.164. The van der Waals surface area contributed by atoms with Crippen LogP contribution in [0.15, 0.2) is 24.3 Å². The number of hydrogen-bond donors (Lipinski definition) is 2. The number of rotatable bonds is 5. The van der Waals surface area contributed by atoms with Gasteiger partial charge in [0.25, 0.3) is 0 Å². The molecule has 0 atom stereocenters. The Balaban J connectivity index is 2.54. The van der Waals surface area contributed by atoms with E-state index in [-0.39, 0.29) is 12.6 Å². The SMILES string of the molecule is CCN(CCCO)C(=O)Nc1ccc(Cl)cc1. The molecule has 1 rings (SSSR count). The average molecular weight is 257 g/mol. The summed E-state index contributed by atoms with van der Waals surface area (Å²) in [5, 5.41) is 12.2. The fourth-order valence-corrected chi connectivity index (χ4v) is 1.53. The molecule has 5 heteroatoms. The second-order valence-corrected chi connectivity index (χ2v) is 4.03. The van der Waals surface area contributed by atoms with Crippen molar-refractivity contribution in [3.63, 3.8) is 0 Å². The van der Waals surface area contributed by atoms with E-state index in [2.05, 4.69) is 5.32 Å². The largest absolute Gasteiger partial charge is 0.396 e. The molecule has 0 aliphatic rings. The summed E-state index contributed by atoms with van der Waals surface area (Å²) >= 11 is 5.76. The maximum atomic E-state index is 11.8. The van der Waals surface area contributed by atoms with Crippen LogP contribution in [0, 0.1) is 0 Å². The van der Waals surface area contributed by atoms with Crippen LogP contribution in [-0.4, -0.2) is 35.7 Å². The molecule has 1 aromatic carbocycles. The maximum absolute atomic E-state index is 11.8. The molecule has 17 heavy (non-hydrogen) atoms. The summed E-state index contributed by atoms with van der Waals surface area (Å²) in [7, 11) is 0. The predicted molar refractivity (Wildman–Crippen MR) is 69.4 cm³/mol. The van der Waals surface area contributed by atoms with Crippen molar-refractivity contribution < 1.29 is 9.90 Å². The summed E-state index contributed by atoms with van der Waals surface area (Å²) in [6.45, 7) is 3.15. The van der Waals surface area contributed by atoms with Gasteiger partial charge in [0.2, 0.25) is 0 Å². The molecule has 0 saturated carbocycles. The molecule has 0 aliphatic carbocycles. The molecule has 0 fully saturated rings. The van der Waals surface area contributed by atoms with Crippen molar-refractivity contribution in [2.24, 2.45) is 0 Å². The summed E-state index contributed by atoms with van der Waals surface area (Å²) in [6.07, 6.45) is 0.585. The van der Waals surface area contributed by atoms with Gasteiger partial charge in [-0.1, -0.05) is 11.6 Å². The lowest BCUT2D eigenvalue weighted by Gasteiger charge is -2.20. The molecule has 0 saturated heterocycles. The van der Waals surface area contributed by atoms with Gasteiger partial charge in [-0.25, -0.2) is 4.79 Å². The molecular weight excluding hydrogens is 240 g/mol. The Morgan fingerprint density at radius 3 is 2.59 bits per heavy atom. The summed E-state index contributed by atoms with van der Waals surface area (Å²) in [5.41, 5.74) is 0.710. The highest BCUT2D eigenvalue weighted by Crippen LogP contribution is 2.13. The second kappa shape index (κ2) is 7.14. The molecule has 2 N–H and O–H groups in total. The molecule has 0 radical (unpaired) electrons. The zero-order chi connectivity index (χ0) is 12.7. The van der Waals surface area contributed by atoms with Gasteiger partial charge in [0.1, 0.15) is 0 Å². The van der Waals surface area contributed by atoms with E-state index >= 15 is 0 Å². The van der Waals surface area contributed by atoms with Gasteiger partial charge < -0.3 is 15.3 Å². The monoisotopic (exact) mass is 256 g/mol. The number of hydrogen-bond acceptors (Lipinski definition) is 2. The average Bonchev–Trinajstić information content (AvgIpc) is 2.33. The molecule has 0 bridgehead atoms. The van der Waals surface area contributed by atoms with E-state index in [0.29, 0.717) is 30.2 Å². The van der Waals surface area contributed by atoms with E-state index < -0.39 is 0 Å². The Bertz CT molecular complexity index is 354. The standard InChI is InChI=1S/C12H17ClN2O2/c1-2-15(8-3-9-16)12(17)14-11-6-4-10(13)5-7-11/h4-7,16H,2-3,8-9H2,1H3,(H,14,17). The summed E-state index contributed by atoms with van der Waals surface area (Å²) in [6, 6.07) is 6.78. The minimum Gasteiger partial charge on any atom is -0.396 e. The second-order valence-electron chi connectivity index (χ2n) is 3.59. The van der Waals surface area contributed by atoms with Gasteiger partial charge in [0.05, 0.1) is 0 Å². The number of carbonyl (C=O) groups excluding carboxylic acids is 1. The fraction of sp³-hybridized carbons (Fsp3) is 0.417. The lowest BCUT2D eigenvalue weighted by Crippen LogP contribution is -2.35.